The van der Waals surface area contributed by atoms with Gasteiger partial charge in [0.2, 0.25) is 0 Å². The van der Waals surface area contributed by atoms with Crippen molar-refractivity contribution in [1.29, 1.82) is 0 Å². The van der Waals surface area contributed by atoms with Crippen molar-refractivity contribution in [2.75, 3.05) is 26.2 Å². The number of hydrogen-bond acceptors (Lipinski definition) is 3. The standard InChI is InChI=1S/C23H29N3O3/c27-22(28)18-8-10-20(11-9-18)24-23(29)26-14-12-25(13-15-26)16-19-6-3-5-17-4-1-2-7-21(17)19/h1-7,18,20H,8-16H2,(H,24,29)(H,27,28). The summed E-state index contributed by atoms with van der Waals surface area (Å²) in [6.45, 7) is 4.07. The van der Waals surface area contributed by atoms with Gasteiger partial charge in [0.15, 0.2) is 0 Å². The molecule has 2 aliphatic rings. The Hall–Kier alpha value is -2.60. The molecule has 0 aromatic heterocycles. The summed E-state index contributed by atoms with van der Waals surface area (Å²) in [6.07, 6.45) is 2.81. The monoisotopic (exact) mass is 395 g/mol. The molecule has 0 atom stereocenters. The van der Waals surface area contributed by atoms with Crippen LogP contribution in [-0.4, -0.2) is 59.1 Å². The van der Waals surface area contributed by atoms with Gasteiger partial charge in [-0.05, 0) is 42.0 Å². The highest BCUT2D eigenvalue weighted by Crippen LogP contribution is 2.25. The number of nitrogens with one attached hydrogen (secondary N) is 1. The van der Waals surface area contributed by atoms with E-state index in [-0.39, 0.29) is 18.0 Å². The smallest absolute Gasteiger partial charge is 0.317 e. The maximum Gasteiger partial charge on any atom is 0.317 e. The van der Waals surface area contributed by atoms with Crippen LogP contribution in [0.25, 0.3) is 10.8 Å². The molecule has 29 heavy (non-hydrogen) atoms. The number of aliphatic carboxylic acids is 1. The van der Waals surface area contributed by atoms with Crippen molar-refractivity contribution in [3.63, 3.8) is 0 Å². The van der Waals surface area contributed by atoms with Crippen molar-refractivity contribution in [2.24, 2.45) is 5.92 Å². The van der Waals surface area contributed by atoms with Crippen molar-refractivity contribution in [1.82, 2.24) is 15.1 Å². The first kappa shape index (κ1) is 19.7. The van der Waals surface area contributed by atoms with Crippen LogP contribution in [0.3, 0.4) is 0 Å². The molecule has 2 fully saturated rings. The van der Waals surface area contributed by atoms with Crippen LogP contribution in [0.4, 0.5) is 4.79 Å². The molecule has 1 heterocycles. The van der Waals surface area contributed by atoms with Crippen LogP contribution in [0, 0.1) is 5.92 Å². The first-order chi connectivity index (χ1) is 14.1. The molecular formula is C23H29N3O3. The van der Waals surface area contributed by atoms with Crippen LogP contribution in [0.1, 0.15) is 31.2 Å². The summed E-state index contributed by atoms with van der Waals surface area (Å²) in [6, 6.07) is 15.0. The van der Waals surface area contributed by atoms with E-state index in [1.54, 1.807) is 0 Å². The second-order valence-corrected chi connectivity index (χ2v) is 8.24. The molecule has 0 unspecified atom stereocenters. The molecule has 6 heteroatoms. The zero-order valence-corrected chi connectivity index (χ0v) is 16.7. The Morgan fingerprint density at radius 3 is 2.34 bits per heavy atom. The number of carboxylic acids is 1. The maximum atomic E-state index is 12.6. The molecule has 4 rings (SSSR count). The predicted molar refractivity (Wildman–Crippen MR) is 113 cm³/mol. The van der Waals surface area contributed by atoms with E-state index < -0.39 is 5.97 Å². The average Bonchev–Trinajstić information content (AvgIpc) is 2.75. The van der Waals surface area contributed by atoms with E-state index in [9.17, 15) is 9.59 Å². The highest BCUT2D eigenvalue weighted by atomic mass is 16.4. The van der Waals surface area contributed by atoms with Crippen LogP contribution in [0.2, 0.25) is 0 Å². The third-order valence-corrected chi connectivity index (χ3v) is 6.34. The van der Waals surface area contributed by atoms with Gasteiger partial charge in [0, 0.05) is 38.8 Å². The molecule has 1 aliphatic carbocycles. The molecule has 1 saturated heterocycles. The predicted octanol–water partition coefficient (Wildman–Crippen LogP) is 3.31. The van der Waals surface area contributed by atoms with Crippen molar-refractivity contribution in [3.05, 3.63) is 48.0 Å². The minimum Gasteiger partial charge on any atom is -0.481 e. The number of benzene rings is 2. The summed E-state index contributed by atoms with van der Waals surface area (Å²) in [4.78, 5) is 28.0. The van der Waals surface area contributed by atoms with E-state index in [1.165, 1.54) is 16.3 Å². The molecule has 1 saturated carbocycles. The van der Waals surface area contributed by atoms with Gasteiger partial charge in [0.1, 0.15) is 0 Å². The van der Waals surface area contributed by atoms with Crippen molar-refractivity contribution >= 4 is 22.8 Å². The first-order valence-electron chi connectivity index (χ1n) is 10.6. The summed E-state index contributed by atoms with van der Waals surface area (Å²) < 4.78 is 0. The number of urea groups is 1. The molecule has 0 bridgehead atoms. The Morgan fingerprint density at radius 1 is 0.931 bits per heavy atom. The second kappa shape index (κ2) is 8.82. The van der Waals surface area contributed by atoms with Crippen LogP contribution in [0.15, 0.2) is 42.5 Å². The fourth-order valence-corrected chi connectivity index (χ4v) is 4.53. The van der Waals surface area contributed by atoms with Crippen molar-refractivity contribution in [2.45, 2.75) is 38.3 Å². The highest BCUT2D eigenvalue weighted by Gasteiger charge is 2.28. The number of rotatable bonds is 4. The van der Waals surface area contributed by atoms with Gasteiger partial charge in [-0.3, -0.25) is 9.69 Å². The molecule has 154 valence electrons. The summed E-state index contributed by atoms with van der Waals surface area (Å²) in [7, 11) is 0. The van der Waals surface area contributed by atoms with Crippen LogP contribution < -0.4 is 5.32 Å². The van der Waals surface area contributed by atoms with E-state index in [1.807, 2.05) is 4.90 Å². The molecule has 1 aliphatic heterocycles. The number of fused-ring (bicyclic) bond motifs is 1. The van der Waals surface area contributed by atoms with Gasteiger partial charge < -0.3 is 15.3 Å². The third kappa shape index (κ3) is 4.70. The van der Waals surface area contributed by atoms with Gasteiger partial charge in [-0.1, -0.05) is 42.5 Å². The number of carbonyl (C=O) groups is 2. The van der Waals surface area contributed by atoms with E-state index in [0.29, 0.717) is 12.8 Å². The molecule has 2 amide bonds. The molecule has 2 N–H and O–H groups in total. The van der Waals surface area contributed by atoms with Gasteiger partial charge in [-0.2, -0.15) is 0 Å². The van der Waals surface area contributed by atoms with Crippen LogP contribution in [-0.2, 0) is 11.3 Å². The van der Waals surface area contributed by atoms with E-state index >= 15 is 0 Å². The topological polar surface area (TPSA) is 72.9 Å². The fourth-order valence-electron chi connectivity index (χ4n) is 4.53. The Labute approximate surface area is 171 Å². The Morgan fingerprint density at radius 2 is 1.62 bits per heavy atom. The van der Waals surface area contributed by atoms with Crippen molar-refractivity contribution < 1.29 is 14.7 Å². The lowest BCUT2D eigenvalue weighted by Gasteiger charge is -2.36. The van der Waals surface area contributed by atoms with Gasteiger partial charge in [-0.25, -0.2) is 4.79 Å². The minimum atomic E-state index is -0.711. The largest absolute Gasteiger partial charge is 0.481 e. The lowest BCUT2D eigenvalue weighted by atomic mass is 9.86. The first-order valence-corrected chi connectivity index (χ1v) is 10.6. The average molecular weight is 396 g/mol. The molecule has 6 nitrogen and oxygen atoms in total. The van der Waals surface area contributed by atoms with Crippen molar-refractivity contribution in [3.8, 4) is 0 Å². The van der Waals surface area contributed by atoms with Crippen LogP contribution in [0.5, 0.6) is 0 Å². The number of amides is 2. The maximum absolute atomic E-state index is 12.6. The molecular weight excluding hydrogens is 366 g/mol. The number of nitrogens with zero attached hydrogens (tertiary/aromatic N) is 2. The lowest BCUT2D eigenvalue weighted by Crippen LogP contribution is -2.53. The number of piperazine rings is 1. The SMILES string of the molecule is O=C(O)C1CCC(NC(=O)N2CCN(Cc3cccc4ccccc34)CC2)CC1. The molecule has 2 aromatic carbocycles. The van der Waals surface area contributed by atoms with Crippen LogP contribution >= 0.6 is 0 Å². The fraction of sp³-hybridized carbons (Fsp3) is 0.478. The quantitative estimate of drug-likeness (QED) is 0.833. The number of carboxylic acid groups (broad SMARTS) is 1. The molecule has 0 spiro atoms. The van der Waals surface area contributed by atoms with Gasteiger partial charge in [0.25, 0.3) is 0 Å². The summed E-state index contributed by atoms with van der Waals surface area (Å²) in [5.41, 5.74) is 1.33. The van der Waals surface area contributed by atoms with Gasteiger partial charge >= 0.3 is 12.0 Å². The van der Waals surface area contributed by atoms with E-state index in [4.69, 9.17) is 5.11 Å². The Kier molecular flexibility index (Phi) is 6.00. The van der Waals surface area contributed by atoms with Gasteiger partial charge in [0.05, 0.1) is 5.92 Å². The lowest BCUT2D eigenvalue weighted by molar-refractivity contribution is -0.142. The zero-order valence-electron chi connectivity index (χ0n) is 16.7. The van der Waals surface area contributed by atoms with Gasteiger partial charge in [-0.15, -0.1) is 0 Å². The Balaban J connectivity index is 1.26. The second-order valence-electron chi connectivity index (χ2n) is 8.24. The highest BCUT2D eigenvalue weighted by molar-refractivity contribution is 5.85. The molecule has 0 radical (unpaired) electrons. The Bertz CT molecular complexity index is 863. The minimum absolute atomic E-state index is 0.00594. The normalized spacial score (nSPS) is 23.1. The number of hydrogen-bond donors (Lipinski definition) is 2. The van der Waals surface area contributed by atoms with E-state index in [0.717, 1.165) is 45.6 Å². The number of carbonyl (C=O) groups excluding carboxylic acids is 1. The molecule has 2 aromatic rings. The summed E-state index contributed by atoms with van der Waals surface area (Å²) >= 11 is 0. The summed E-state index contributed by atoms with van der Waals surface area (Å²) in [5, 5.41) is 14.8. The third-order valence-electron chi connectivity index (χ3n) is 6.34. The zero-order chi connectivity index (χ0) is 20.2. The summed E-state index contributed by atoms with van der Waals surface area (Å²) in [5.74, 6) is -0.960. The van der Waals surface area contributed by atoms with E-state index in [2.05, 4.69) is 52.7 Å².